The molecule has 21 heavy (non-hydrogen) atoms. The second-order valence-electron chi connectivity index (χ2n) is 5.20. The van der Waals surface area contributed by atoms with Crippen molar-refractivity contribution in [2.24, 2.45) is 5.73 Å². The monoisotopic (exact) mass is 330 g/mol. The molecule has 5 nitrogen and oxygen atoms in total. The molecule has 1 amide bonds. The number of piperidine rings is 1. The van der Waals surface area contributed by atoms with Crippen LogP contribution in [0.4, 0.5) is 0 Å². The van der Waals surface area contributed by atoms with Crippen molar-refractivity contribution in [2.45, 2.75) is 30.7 Å². The Hall–Kier alpha value is -1.11. The van der Waals surface area contributed by atoms with Crippen molar-refractivity contribution in [1.82, 2.24) is 4.90 Å². The molecule has 0 unspecified atom stereocenters. The molecule has 7 heteroatoms. The minimum atomic E-state index is -3.37. The third-order valence-electron chi connectivity index (χ3n) is 3.65. The lowest BCUT2D eigenvalue weighted by atomic mass is 10.1. The average molecular weight is 331 g/mol. The fourth-order valence-electron chi connectivity index (χ4n) is 2.39. The molecule has 0 aromatic heterocycles. The van der Waals surface area contributed by atoms with Gasteiger partial charge in [0.05, 0.1) is 21.2 Å². The van der Waals surface area contributed by atoms with Gasteiger partial charge in [-0.05, 0) is 31.0 Å². The fraction of sp³-hybridized carbons (Fsp3) is 0.500. The molecule has 1 atom stereocenters. The van der Waals surface area contributed by atoms with E-state index in [9.17, 15) is 13.2 Å². The first kappa shape index (κ1) is 16.3. The van der Waals surface area contributed by atoms with Crippen molar-refractivity contribution in [3.8, 4) is 0 Å². The Labute approximate surface area is 130 Å². The molecule has 1 saturated heterocycles. The molecule has 0 spiro atoms. The van der Waals surface area contributed by atoms with Crippen molar-refractivity contribution in [3.05, 3.63) is 28.8 Å². The van der Waals surface area contributed by atoms with Crippen molar-refractivity contribution >= 4 is 27.3 Å². The Kier molecular flexibility index (Phi) is 4.91. The van der Waals surface area contributed by atoms with Gasteiger partial charge in [-0.2, -0.15) is 0 Å². The molecule has 0 bridgehead atoms. The van der Waals surface area contributed by atoms with Gasteiger partial charge in [0, 0.05) is 19.1 Å². The molecule has 116 valence electrons. The van der Waals surface area contributed by atoms with Crippen LogP contribution in [0.1, 0.15) is 30.1 Å². The van der Waals surface area contributed by atoms with Crippen LogP contribution in [0.25, 0.3) is 0 Å². The number of sulfone groups is 1. The van der Waals surface area contributed by atoms with E-state index in [1.54, 1.807) is 11.8 Å². The highest BCUT2D eigenvalue weighted by atomic mass is 35.5. The number of hydrogen-bond donors (Lipinski definition) is 1. The molecule has 2 rings (SSSR count). The van der Waals surface area contributed by atoms with E-state index < -0.39 is 9.84 Å². The van der Waals surface area contributed by atoms with E-state index in [4.69, 9.17) is 17.3 Å². The summed E-state index contributed by atoms with van der Waals surface area (Å²) in [6.45, 7) is 2.66. The van der Waals surface area contributed by atoms with Gasteiger partial charge in [0.15, 0.2) is 9.84 Å². The molecule has 1 fully saturated rings. The van der Waals surface area contributed by atoms with Crippen LogP contribution in [0.3, 0.4) is 0 Å². The molecule has 0 radical (unpaired) electrons. The lowest BCUT2D eigenvalue weighted by Crippen LogP contribution is -2.45. The third-order valence-corrected chi connectivity index (χ3v) is 5.71. The van der Waals surface area contributed by atoms with Crippen LogP contribution in [0.5, 0.6) is 0 Å². The van der Waals surface area contributed by atoms with E-state index in [1.165, 1.54) is 18.2 Å². The number of hydrogen-bond acceptors (Lipinski definition) is 4. The topological polar surface area (TPSA) is 80.5 Å². The maximum absolute atomic E-state index is 12.5. The number of carbonyl (C=O) groups is 1. The van der Waals surface area contributed by atoms with Gasteiger partial charge in [-0.1, -0.05) is 18.5 Å². The van der Waals surface area contributed by atoms with E-state index in [0.29, 0.717) is 13.1 Å². The summed E-state index contributed by atoms with van der Waals surface area (Å²) in [5.41, 5.74) is 6.10. The molecule has 1 aromatic rings. The summed E-state index contributed by atoms with van der Waals surface area (Å²) < 4.78 is 23.9. The van der Waals surface area contributed by atoms with Crippen LogP contribution in [0, 0.1) is 0 Å². The van der Waals surface area contributed by atoms with Gasteiger partial charge in [0.2, 0.25) is 0 Å². The quantitative estimate of drug-likeness (QED) is 0.914. The summed E-state index contributed by atoms with van der Waals surface area (Å²) in [5, 5.41) is 0.259. The Bertz CT molecular complexity index is 646. The maximum Gasteiger partial charge on any atom is 0.255 e. The zero-order valence-electron chi connectivity index (χ0n) is 11.9. The zero-order valence-corrected chi connectivity index (χ0v) is 13.5. The number of amides is 1. The number of benzene rings is 1. The summed E-state index contributed by atoms with van der Waals surface area (Å²) in [6, 6.07) is 4.22. The summed E-state index contributed by atoms with van der Waals surface area (Å²) in [7, 11) is -3.37. The Morgan fingerprint density at radius 2 is 2.19 bits per heavy atom. The summed E-state index contributed by atoms with van der Waals surface area (Å²) >= 11 is 6.07. The first-order valence-electron chi connectivity index (χ1n) is 6.92. The first-order valence-corrected chi connectivity index (χ1v) is 8.95. The van der Waals surface area contributed by atoms with Gasteiger partial charge < -0.3 is 10.6 Å². The molecule has 1 aliphatic heterocycles. The van der Waals surface area contributed by atoms with E-state index in [2.05, 4.69) is 0 Å². The number of likely N-dealkylation sites (tertiary alicyclic amines) is 1. The van der Waals surface area contributed by atoms with Crippen molar-refractivity contribution in [1.29, 1.82) is 0 Å². The van der Waals surface area contributed by atoms with Crippen LogP contribution >= 0.6 is 11.6 Å². The standard InChI is InChI=1S/C14H19ClN2O3S/c1-2-21(19,20)11-5-6-13(15)12(8-11)14(18)17-7-3-4-10(16)9-17/h5-6,8,10H,2-4,7,9,16H2,1H3/t10-/m0/s1. The van der Waals surface area contributed by atoms with E-state index in [0.717, 1.165) is 12.8 Å². The second-order valence-corrected chi connectivity index (χ2v) is 7.88. The minimum Gasteiger partial charge on any atom is -0.337 e. The number of nitrogens with zero attached hydrogens (tertiary/aromatic N) is 1. The van der Waals surface area contributed by atoms with E-state index >= 15 is 0 Å². The highest BCUT2D eigenvalue weighted by Gasteiger charge is 2.25. The highest BCUT2D eigenvalue weighted by molar-refractivity contribution is 7.91. The highest BCUT2D eigenvalue weighted by Crippen LogP contribution is 2.24. The molecule has 1 aromatic carbocycles. The van der Waals surface area contributed by atoms with Gasteiger partial charge in [0.1, 0.15) is 0 Å². The van der Waals surface area contributed by atoms with Crippen molar-refractivity contribution in [3.63, 3.8) is 0 Å². The zero-order chi connectivity index (χ0) is 15.6. The van der Waals surface area contributed by atoms with Crippen LogP contribution in [0.2, 0.25) is 5.02 Å². The van der Waals surface area contributed by atoms with Gasteiger partial charge in [-0.3, -0.25) is 4.79 Å². The largest absolute Gasteiger partial charge is 0.337 e. The Balaban J connectivity index is 2.34. The minimum absolute atomic E-state index is 0.0170. The van der Waals surface area contributed by atoms with Gasteiger partial charge in [-0.25, -0.2) is 8.42 Å². The second kappa shape index (κ2) is 6.34. The molecule has 1 heterocycles. The lowest BCUT2D eigenvalue weighted by molar-refractivity contribution is 0.0708. The maximum atomic E-state index is 12.5. The molecular weight excluding hydrogens is 312 g/mol. The number of halogens is 1. The fourth-order valence-corrected chi connectivity index (χ4v) is 3.50. The number of nitrogens with two attached hydrogens (primary N) is 1. The summed E-state index contributed by atoms with van der Waals surface area (Å²) in [6.07, 6.45) is 1.74. The van der Waals surface area contributed by atoms with Crippen molar-refractivity contribution < 1.29 is 13.2 Å². The predicted molar refractivity (Wildman–Crippen MR) is 82.3 cm³/mol. The summed E-state index contributed by atoms with van der Waals surface area (Å²) in [4.78, 5) is 14.3. The van der Waals surface area contributed by atoms with Crippen molar-refractivity contribution in [2.75, 3.05) is 18.8 Å². The Morgan fingerprint density at radius 3 is 2.81 bits per heavy atom. The predicted octanol–water partition coefficient (Wildman–Crippen LogP) is 1.70. The smallest absolute Gasteiger partial charge is 0.255 e. The Morgan fingerprint density at radius 1 is 1.48 bits per heavy atom. The first-order chi connectivity index (χ1) is 9.85. The van der Waals surface area contributed by atoms with Crippen LogP contribution in [-0.2, 0) is 9.84 Å². The summed E-state index contributed by atoms with van der Waals surface area (Å²) in [5.74, 6) is -0.278. The van der Waals surface area contributed by atoms with Gasteiger partial charge in [-0.15, -0.1) is 0 Å². The third kappa shape index (κ3) is 3.56. The van der Waals surface area contributed by atoms with Gasteiger partial charge >= 0.3 is 0 Å². The normalized spacial score (nSPS) is 19.6. The van der Waals surface area contributed by atoms with Crippen LogP contribution in [0.15, 0.2) is 23.1 Å². The van der Waals surface area contributed by atoms with Gasteiger partial charge in [0.25, 0.3) is 5.91 Å². The van der Waals surface area contributed by atoms with E-state index in [-0.39, 0.29) is 33.2 Å². The number of carbonyl (C=O) groups excluding carboxylic acids is 1. The molecule has 0 aliphatic carbocycles. The molecule has 1 aliphatic rings. The molecule has 0 saturated carbocycles. The molecular formula is C14H19ClN2O3S. The van der Waals surface area contributed by atoms with Crippen LogP contribution < -0.4 is 5.73 Å². The average Bonchev–Trinajstić information content (AvgIpc) is 2.47. The lowest BCUT2D eigenvalue weighted by Gasteiger charge is -2.31. The molecule has 2 N–H and O–H groups in total. The number of rotatable bonds is 3. The van der Waals surface area contributed by atoms with Crippen LogP contribution in [-0.4, -0.2) is 44.1 Å². The SMILES string of the molecule is CCS(=O)(=O)c1ccc(Cl)c(C(=O)N2CCC[C@H](N)C2)c1. The van der Waals surface area contributed by atoms with E-state index in [1.807, 2.05) is 0 Å².